The molecule has 0 heterocycles. The zero-order valence-corrected chi connectivity index (χ0v) is 11.5. The van der Waals surface area contributed by atoms with Gasteiger partial charge < -0.3 is 5.11 Å². The minimum absolute atomic E-state index is 0.0321. The van der Waals surface area contributed by atoms with E-state index in [9.17, 15) is 13.2 Å². The Balaban J connectivity index is 2.04. The zero-order chi connectivity index (χ0) is 13.9. The molecule has 1 aromatic carbocycles. The highest BCUT2D eigenvalue weighted by molar-refractivity contribution is 7.91. The van der Waals surface area contributed by atoms with E-state index in [2.05, 4.69) is 0 Å². The van der Waals surface area contributed by atoms with Gasteiger partial charge in [-0.3, -0.25) is 4.79 Å². The van der Waals surface area contributed by atoms with Crippen LogP contribution in [0, 0.1) is 0 Å². The maximum atomic E-state index is 12.2. The van der Waals surface area contributed by atoms with Crippen molar-refractivity contribution < 1.29 is 18.3 Å². The largest absolute Gasteiger partial charge is 0.481 e. The Labute approximate surface area is 113 Å². The topological polar surface area (TPSA) is 71.4 Å². The van der Waals surface area contributed by atoms with Crippen molar-refractivity contribution in [2.24, 2.45) is 0 Å². The maximum Gasteiger partial charge on any atom is 0.307 e. The van der Waals surface area contributed by atoms with Gasteiger partial charge in [0, 0.05) is 0 Å². The summed E-state index contributed by atoms with van der Waals surface area (Å²) in [5.74, 6) is -0.822. The molecule has 1 fully saturated rings. The van der Waals surface area contributed by atoms with Crippen LogP contribution in [0.5, 0.6) is 0 Å². The quantitative estimate of drug-likeness (QED) is 0.898. The smallest absolute Gasteiger partial charge is 0.307 e. The lowest BCUT2D eigenvalue weighted by Crippen LogP contribution is -2.19. The van der Waals surface area contributed by atoms with Crippen molar-refractivity contribution in [1.82, 2.24) is 0 Å². The third-order valence-corrected chi connectivity index (χ3v) is 5.78. The first-order valence-corrected chi connectivity index (χ1v) is 8.20. The van der Waals surface area contributed by atoms with E-state index < -0.39 is 15.8 Å². The fourth-order valence-electron chi connectivity index (χ4n) is 2.53. The Bertz CT molecular complexity index is 539. The van der Waals surface area contributed by atoms with Gasteiger partial charge in [0.15, 0.2) is 9.84 Å². The van der Waals surface area contributed by atoms with Crippen molar-refractivity contribution in [3.63, 3.8) is 0 Å². The molecule has 104 valence electrons. The van der Waals surface area contributed by atoms with Crippen LogP contribution in [-0.4, -0.2) is 24.7 Å². The summed E-state index contributed by atoms with van der Waals surface area (Å²) in [7, 11) is -3.07. The molecule has 1 saturated carbocycles. The van der Waals surface area contributed by atoms with Gasteiger partial charge in [0.1, 0.15) is 0 Å². The number of hydrogen-bond donors (Lipinski definition) is 1. The Morgan fingerprint density at radius 3 is 2.16 bits per heavy atom. The fourth-order valence-corrected chi connectivity index (χ4v) is 4.47. The first-order chi connectivity index (χ1) is 8.97. The van der Waals surface area contributed by atoms with Gasteiger partial charge >= 0.3 is 5.97 Å². The molecule has 4 nitrogen and oxygen atoms in total. The second-order valence-electron chi connectivity index (χ2n) is 5.10. The second-order valence-corrected chi connectivity index (χ2v) is 7.38. The van der Waals surface area contributed by atoms with Crippen LogP contribution in [0.3, 0.4) is 0 Å². The van der Waals surface area contributed by atoms with Gasteiger partial charge in [0.05, 0.1) is 17.4 Å². The third kappa shape index (κ3) is 3.80. The molecule has 0 bridgehead atoms. The van der Waals surface area contributed by atoms with Gasteiger partial charge in [-0.15, -0.1) is 0 Å². The Morgan fingerprint density at radius 2 is 1.63 bits per heavy atom. The van der Waals surface area contributed by atoms with Crippen LogP contribution in [0.1, 0.15) is 36.8 Å². The molecule has 0 aromatic heterocycles. The zero-order valence-electron chi connectivity index (χ0n) is 10.7. The van der Waals surface area contributed by atoms with Crippen LogP contribution in [0.4, 0.5) is 0 Å². The SMILES string of the molecule is O=C(O)Cc1ccc(CS(=O)(=O)C2CCCC2)cc1. The Hall–Kier alpha value is -1.36. The van der Waals surface area contributed by atoms with Gasteiger partial charge in [-0.1, -0.05) is 37.1 Å². The molecule has 0 unspecified atom stereocenters. The van der Waals surface area contributed by atoms with E-state index >= 15 is 0 Å². The van der Waals surface area contributed by atoms with Gasteiger partial charge in [0.25, 0.3) is 0 Å². The predicted molar refractivity (Wildman–Crippen MR) is 72.7 cm³/mol. The van der Waals surface area contributed by atoms with Gasteiger partial charge in [-0.25, -0.2) is 8.42 Å². The molecule has 0 spiro atoms. The van der Waals surface area contributed by atoms with Crippen LogP contribution in [0.15, 0.2) is 24.3 Å². The van der Waals surface area contributed by atoms with Crippen LogP contribution >= 0.6 is 0 Å². The number of carboxylic acid groups (broad SMARTS) is 1. The average Bonchev–Trinajstić information content (AvgIpc) is 2.85. The van der Waals surface area contributed by atoms with Crippen molar-refractivity contribution in [2.45, 2.75) is 43.1 Å². The van der Waals surface area contributed by atoms with E-state index in [1.165, 1.54) is 0 Å². The van der Waals surface area contributed by atoms with E-state index in [1.807, 2.05) is 0 Å². The van der Waals surface area contributed by atoms with Gasteiger partial charge in [-0.05, 0) is 24.0 Å². The molecule has 19 heavy (non-hydrogen) atoms. The summed E-state index contributed by atoms with van der Waals surface area (Å²) in [6.45, 7) is 0. The van der Waals surface area contributed by atoms with Crippen LogP contribution < -0.4 is 0 Å². The summed E-state index contributed by atoms with van der Waals surface area (Å²) in [5.41, 5.74) is 1.43. The monoisotopic (exact) mass is 282 g/mol. The fraction of sp³-hybridized carbons (Fsp3) is 0.500. The third-order valence-electron chi connectivity index (χ3n) is 3.56. The summed E-state index contributed by atoms with van der Waals surface area (Å²) in [4.78, 5) is 10.6. The predicted octanol–water partition coefficient (Wildman–Crippen LogP) is 2.17. The highest BCUT2D eigenvalue weighted by atomic mass is 32.2. The summed E-state index contributed by atoms with van der Waals surface area (Å²) in [6.07, 6.45) is 3.53. The first kappa shape index (κ1) is 14.1. The van der Waals surface area contributed by atoms with Crippen molar-refractivity contribution in [3.05, 3.63) is 35.4 Å². The van der Waals surface area contributed by atoms with Crippen molar-refractivity contribution >= 4 is 15.8 Å². The van der Waals surface area contributed by atoms with Gasteiger partial charge in [0.2, 0.25) is 0 Å². The lowest BCUT2D eigenvalue weighted by atomic mass is 10.1. The summed E-state index contributed by atoms with van der Waals surface area (Å²) < 4.78 is 24.3. The second kappa shape index (κ2) is 5.74. The number of aliphatic carboxylic acids is 1. The molecule has 1 aromatic rings. The van der Waals surface area contributed by atoms with Crippen molar-refractivity contribution in [1.29, 1.82) is 0 Å². The number of benzene rings is 1. The molecule has 0 aliphatic heterocycles. The lowest BCUT2D eigenvalue weighted by Gasteiger charge is -2.11. The summed E-state index contributed by atoms with van der Waals surface area (Å²) >= 11 is 0. The number of carboxylic acids is 1. The maximum absolute atomic E-state index is 12.2. The minimum atomic E-state index is -3.07. The van der Waals surface area contributed by atoms with Crippen LogP contribution in [0.25, 0.3) is 0 Å². The molecule has 0 amide bonds. The Kier molecular flexibility index (Phi) is 4.24. The summed E-state index contributed by atoms with van der Waals surface area (Å²) in [6, 6.07) is 6.80. The molecule has 1 N–H and O–H groups in total. The van der Waals surface area contributed by atoms with Crippen molar-refractivity contribution in [3.8, 4) is 0 Å². The normalized spacial score (nSPS) is 16.6. The Morgan fingerprint density at radius 1 is 1.11 bits per heavy atom. The number of rotatable bonds is 5. The number of sulfone groups is 1. The summed E-state index contributed by atoms with van der Waals surface area (Å²) in [5, 5.41) is 8.48. The van der Waals surface area contributed by atoms with Crippen LogP contribution in [-0.2, 0) is 26.8 Å². The molecular formula is C14H18O4S. The van der Waals surface area contributed by atoms with E-state index in [1.54, 1.807) is 24.3 Å². The van der Waals surface area contributed by atoms with E-state index in [0.29, 0.717) is 5.56 Å². The molecule has 5 heteroatoms. The lowest BCUT2D eigenvalue weighted by molar-refractivity contribution is -0.136. The molecule has 2 rings (SSSR count). The van der Waals surface area contributed by atoms with E-state index in [0.717, 1.165) is 31.2 Å². The number of hydrogen-bond acceptors (Lipinski definition) is 3. The molecule has 0 atom stereocenters. The average molecular weight is 282 g/mol. The van der Waals surface area contributed by atoms with E-state index in [4.69, 9.17) is 5.11 Å². The molecular weight excluding hydrogens is 264 g/mol. The molecule has 0 saturated heterocycles. The highest BCUT2D eigenvalue weighted by Crippen LogP contribution is 2.27. The molecule has 1 aliphatic rings. The molecule has 1 aliphatic carbocycles. The standard InChI is InChI=1S/C14H18O4S/c15-14(16)9-11-5-7-12(8-6-11)10-19(17,18)13-3-1-2-4-13/h5-8,13H,1-4,9-10H2,(H,15,16). The van der Waals surface area contributed by atoms with Crippen LogP contribution in [0.2, 0.25) is 0 Å². The minimum Gasteiger partial charge on any atom is -0.481 e. The van der Waals surface area contributed by atoms with E-state index in [-0.39, 0.29) is 17.4 Å². The highest BCUT2D eigenvalue weighted by Gasteiger charge is 2.28. The van der Waals surface area contributed by atoms with Crippen molar-refractivity contribution in [2.75, 3.05) is 0 Å². The molecule has 0 radical (unpaired) electrons. The van der Waals surface area contributed by atoms with Gasteiger partial charge in [-0.2, -0.15) is 0 Å². The number of carbonyl (C=O) groups is 1. The first-order valence-electron chi connectivity index (χ1n) is 6.48.